The molecule has 0 aromatic heterocycles. The van der Waals surface area contributed by atoms with E-state index in [0.717, 1.165) is 12.8 Å². The molecule has 1 N–H and O–H groups in total. The molecular formula is C8H15IO. The topological polar surface area (TPSA) is 20.2 Å². The molecule has 0 radical (unpaired) electrons. The molecule has 0 fully saturated rings. The van der Waals surface area contributed by atoms with Crippen molar-refractivity contribution in [3.63, 3.8) is 0 Å². The first-order valence-corrected chi connectivity index (χ1v) is 3.44. The molecule has 0 atom stereocenters. The molecule has 10 heavy (non-hydrogen) atoms. The standard InChI is InChI=1S/C6H8O.C2H6.HI/c7-6-4-2-1-3-5-6;1-2;/h1-2,4,7H,3,5H2;1-2H3;1H. The van der Waals surface area contributed by atoms with Gasteiger partial charge in [0.25, 0.3) is 0 Å². The third kappa shape index (κ3) is 6.13. The number of hydrogen-bond donors (Lipinski definition) is 1. The van der Waals surface area contributed by atoms with Crippen LogP contribution in [0, 0.1) is 0 Å². The summed E-state index contributed by atoms with van der Waals surface area (Å²) in [6, 6.07) is 0. The van der Waals surface area contributed by atoms with E-state index in [1.165, 1.54) is 0 Å². The van der Waals surface area contributed by atoms with Crippen LogP contribution in [0.3, 0.4) is 0 Å². The molecule has 0 saturated carbocycles. The Hall–Kier alpha value is 0.0100. The van der Waals surface area contributed by atoms with Gasteiger partial charge in [0.1, 0.15) is 0 Å². The number of rotatable bonds is 0. The van der Waals surface area contributed by atoms with E-state index in [2.05, 4.69) is 0 Å². The van der Waals surface area contributed by atoms with Crippen molar-refractivity contribution in [3.8, 4) is 0 Å². The van der Waals surface area contributed by atoms with Gasteiger partial charge in [-0.05, 0) is 12.5 Å². The predicted octanol–water partition coefficient (Wildman–Crippen LogP) is 3.42. The first-order chi connectivity index (χ1) is 4.39. The molecule has 0 bridgehead atoms. The fraction of sp³-hybridized carbons (Fsp3) is 0.500. The second-order valence-electron chi connectivity index (χ2n) is 1.62. The van der Waals surface area contributed by atoms with Crippen molar-refractivity contribution in [3.05, 3.63) is 24.0 Å². The third-order valence-corrected chi connectivity index (χ3v) is 0.992. The van der Waals surface area contributed by atoms with Crippen LogP contribution >= 0.6 is 24.0 Å². The summed E-state index contributed by atoms with van der Waals surface area (Å²) in [6.07, 6.45) is 7.45. The van der Waals surface area contributed by atoms with Gasteiger partial charge in [0, 0.05) is 6.42 Å². The van der Waals surface area contributed by atoms with Crippen molar-refractivity contribution in [1.29, 1.82) is 0 Å². The third-order valence-electron chi connectivity index (χ3n) is 0.992. The van der Waals surface area contributed by atoms with Crippen LogP contribution in [0.2, 0.25) is 0 Å². The van der Waals surface area contributed by atoms with E-state index in [4.69, 9.17) is 5.11 Å². The molecule has 1 aliphatic rings. The minimum atomic E-state index is 0. The number of aliphatic hydroxyl groups excluding tert-OH is 1. The molecular weight excluding hydrogens is 239 g/mol. The Balaban J connectivity index is 0. The van der Waals surface area contributed by atoms with Crippen LogP contribution in [0.4, 0.5) is 0 Å². The number of halogens is 1. The van der Waals surface area contributed by atoms with E-state index in [1.54, 1.807) is 6.08 Å². The van der Waals surface area contributed by atoms with E-state index in [1.807, 2.05) is 26.0 Å². The molecule has 1 rings (SSSR count). The van der Waals surface area contributed by atoms with Crippen molar-refractivity contribution in [2.45, 2.75) is 26.7 Å². The lowest BCUT2D eigenvalue weighted by molar-refractivity contribution is 0.387. The normalized spacial score (nSPS) is 14.0. The minimum Gasteiger partial charge on any atom is -0.512 e. The molecule has 0 spiro atoms. The van der Waals surface area contributed by atoms with Crippen LogP contribution in [-0.2, 0) is 0 Å². The Morgan fingerprint density at radius 3 is 2.20 bits per heavy atom. The molecule has 0 unspecified atom stereocenters. The van der Waals surface area contributed by atoms with Crippen LogP contribution in [0.25, 0.3) is 0 Å². The van der Waals surface area contributed by atoms with Gasteiger partial charge in [0.2, 0.25) is 0 Å². The Bertz CT molecular complexity index is 116. The van der Waals surface area contributed by atoms with Gasteiger partial charge in [-0.2, -0.15) is 0 Å². The highest BCUT2D eigenvalue weighted by molar-refractivity contribution is 14.0. The summed E-state index contributed by atoms with van der Waals surface area (Å²) in [5.41, 5.74) is 0. The van der Waals surface area contributed by atoms with Gasteiger partial charge in [-0.25, -0.2) is 0 Å². The highest BCUT2D eigenvalue weighted by Gasteiger charge is 1.91. The van der Waals surface area contributed by atoms with Gasteiger partial charge < -0.3 is 5.11 Å². The smallest absolute Gasteiger partial charge is 0.0925 e. The zero-order valence-electron chi connectivity index (χ0n) is 6.50. The van der Waals surface area contributed by atoms with Gasteiger partial charge in [-0.15, -0.1) is 24.0 Å². The maximum Gasteiger partial charge on any atom is 0.0925 e. The van der Waals surface area contributed by atoms with Crippen molar-refractivity contribution in [1.82, 2.24) is 0 Å². The molecule has 1 nitrogen and oxygen atoms in total. The first-order valence-electron chi connectivity index (χ1n) is 3.44. The Morgan fingerprint density at radius 2 is 2.00 bits per heavy atom. The molecule has 0 aromatic carbocycles. The van der Waals surface area contributed by atoms with Gasteiger partial charge >= 0.3 is 0 Å². The zero-order valence-corrected chi connectivity index (χ0v) is 8.83. The largest absolute Gasteiger partial charge is 0.512 e. The van der Waals surface area contributed by atoms with Gasteiger partial charge in [-0.3, -0.25) is 0 Å². The Morgan fingerprint density at radius 1 is 1.40 bits per heavy atom. The summed E-state index contributed by atoms with van der Waals surface area (Å²) in [5.74, 6) is 0.502. The molecule has 0 heterocycles. The van der Waals surface area contributed by atoms with Crippen molar-refractivity contribution in [2.24, 2.45) is 0 Å². The highest BCUT2D eigenvalue weighted by atomic mass is 127. The summed E-state index contributed by atoms with van der Waals surface area (Å²) in [7, 11) is 0. The zero-order chi connectivity index (χ0) is 7.11. The van der Waals surface area contributed by atoms with Crippen LogP contribution in [0.1, 0.15) is 26.7 Å². The lowest BCUT2D eigenvalue weighted by Gasteiger charge is -1.97. The summed E-state index contributed by atoms with van der Waals surface area (Å²) < 4.78 is 0. The van der Waals surface area contributed by atoms with Crippen LogP contribution in [0.5, 0.6) is 0 Å². The Kier molecular flexibility index (Phi) is 11.4. The van der Waals surface area contributed by atoms with E-state index in [-0.39, 0.29) is 24.0 Å². The average molecular weight is 254 g/mol. The number of allylic oxidation sites excluding steroid dienone is 4. The Labute approximate surface area is 79.9 Å². The van der Waals surface area contributed by atoms with Gasteiger partial charge in [0.05, 0.1) is 5.76 Å². The molecule has 1 aliphatic carbocycles. The second kappa shape index (κ2) is 9.01. The van der Waals surface area contributed by atoms with Crippen molar-refractivity contribution < 1.29 is 5.11 Å². The van der Waals surface area contributed by atoms with Crippen LogP contribution < -0.4 is 0 Å². The minimum absolute atomic E-state index is 0. The highest BCUT2D eigenvalue weighted by Crippen LogP contribution is 2.06. The second-order valence-corrected chi connectivity index (χ2v) is 1.62. The van der Waals surface area contributed by atoms with Gasteiger partial charge in [-0.1, -0.05) is 26.0 Å². The lowest BCUT2D eigenvalue weighted by atomic mass is 10.2. The van der Waals surface area contributed by atoms with E-state index >= 15 is 0 Å². The monoisotopic (exact) mass is 254 g/mol. The molecule has 0 aromatic rings. The maximum atomic E-state index is 8.72. The molecule has 60 valence electrons. The van der Waals surface area contributed by atoms with E-state index in [0.29, 0.717) is 5.76 Å². The van der Waals surface area contributed by atoms with E-state index in [9.17, 15) is 0 Å². The average Bonchev–Trinajstić information content (AvgIpc) is 1.94. The van der Waals surface area contributed by atoms with Crippen molar-refractivity contribution >= 4 is 24.0 Å². The predicted molar refractivity (Wildman–Crippen MR) is 55.8 cm³/mol. The summed E-state index contributed by atoms with van der Waals surface area (Å²) in [4.78, 5) is 0. The fourth-order valence-corrected chi connectivity index (χ4v) is 0.590. The van der Waals surface area contributed by atoms with Gasteiger partial charge in [0.15, 0.2) is 0 Å². The lowest BCUT2D eigenvalue weighted by Crippen LogP contribution is -1.82. The van der Waals surface area contributed by atoms with Crippen LogP contribution in [-0.4, -0.2) is 5.11 Å². The first kappa shape index (κ1) is 12.7. The summed E-state index contributed by atoms with van der Waals surface area (Å²) in [5, 5.41) is 8.72. The van der Waals surface area contributed by atoms with Crippen LogP contribution in [0.15, 0.2) is 24.0 Å². The summed E-state index contributed by atoms with van der Waals surface area (Å²) >= 11 is 0. The number of aliphatic hydroxyl groups is 1. The fourth-order valence-electron chi connectivity index (χ4n) is 0.590. The SMILES string of the molecule is CC.I.OC1=CC=CCC1. The quantitative estimate of drug-likeness (QED) is 0.656. The van der Waals surface area contributed by atoms with Crippen molar-refractivity contribution in [2.75, 3.05) is 0 Å². The molecule has 2 heteroatoms. The summed E-state index contributed by atoms with van der Waals surface area (Å²) in [6.45, 7) is 4.00. The maximum absolute atomic E-state index is 8.72. The molecule has 0 amide bonds. The molecule has 0 aliphatic heterocycles. The molecule has 0 saturated heterocycles. The number of hydrogen-bond acceptors (Lipinski definition) is 1. The van der Waals surface area contributed by atoms with E-state index < -0.39 is 0 Å².